The predicted molar refractivity (Wildman–Crippen MR) is 65.7 cm³/mol. The molecule has 0 aromatic carbocycles. The number of hydrogen-bond donors (Lipinski definition) is 2. The zero-order valence-corrected chi connectivity index (χ0v) is 10.3. The summed E-state index contributed by atoms with van der Waals surface area (Å²) in [4.78, 5) is 8.25. The average molecular weight is 273 g/mol. The van der Waals surface area contributed by atoms with E-state index in [2.05, 4.69) is 31.2 Å². The van der Waals surface area contributed by atoms with Crippen LogP contribution in [0.4, 0.5) is 5.95 Å². The second kappa shape index (κ2) is 7.59. The molecule has 1 heterocycles. The second-order valence-corrected chi connectivity index (χ2v) is 4.27. The van der Waals surface area contributed by atoms with Crippen LogP contribution in [0.25, 0.3) is 0 Å². The molecule has 0 aliphatic carbocycles. The minimum absolute atomic E-state index is 0.692. The molecule has 3 N–H and O–H groups in total. The van der Waals surface area contributed by atoms with Crippen molar-refractivity contribution in [2.75, 3.05) is 18.4 Å². The molecule has 15 heavy (non-hydrogen) atoms. The predicted octanol–water partition coefficient (Wildman–Crippen LogP) is 2.17. The maximum Gasteiger partial charge on any atom is 0.222 e. The number of anilines is 1. The van der Waals surface area contributed by atoms with Crippen LogP contribution in [0.5, 0.6) is 0 Å². The summed E-state index contributed by atoms with van der Waals surface area (Å²) in [7, 11) is 0. The molecule has 0 unspecified atom stereocenters. The molecule has 0 saturated carbocycles. The molecule has 0 radical (unpaired) electrons. The first-order chi connectivity index (χ1) is 7.33. The molecule has 5 heteroatoms. The van der Waals surface area contributed by atoms with E-state index in [-0.39, 0.29) is 0 Å². The van der Waals surface area contributed by atoms with Crippen molar-refractivity contribution >= 4 is 21.9 Å². The summed E-state index contributed by atoms with van der Waals surface area (Å²) < 4.78 is 0.899. The van der Waals surface area contributed by atoms with E-state index in [1.165, 1.54) is 12.8 Å². The van der Waals surface area contributed by atoms with Crippen molar-refractivity contribution in [1.29, 1.82) is 0 Å². The van der Waals surface area contributed by atoms with Crippen LogP contribution < -0.4 is 11.1 Å². The third-order valence-electron chi connectivity index (χ3n) is 2.03. The van der Waals surface area contributed by atoms with E-state index in [1.54, 1.807) is 12.4 Å². The van der Waals surface area contributed by atoms with Crippen molar-refractivity contribution in [3.63, 3.8) is 0 Å². The lowest BCUT2D eigenvalue weighted by Crippen LogP contribution is -2.05. The van der Waals surface area contributed by atoms with E-state index in [9.17, 15) is 0 Å². The highest BCUT2D eigenvalue weighted by molar-refractivity contribution is 9.10. The first kappa shape index (κ1) is 12.4. The molecule has 1 aromatic rings. The number of hydrogen-bond acceptors (Lipinski definition) is 4. The van der Waals surface area contributed by atoms with Gasteiger partial charge in [-0.05, 0) is 35.3 Å². The number of rotatable bonds is 7. The molecule has 0 aliphatic rings. The number of halogens is 1. The van der Waals surface area contributed by atoms with Crippen LogP contribution in [-0.4, -0.2) is 23.1 Å². The molecule has 0 spiro atoms. The van der Waals surface area contributed by atoms with Gasteiger partial charge < -0.3 is 11.1 Å². The maximum atomic E-state index is 5.41. The van der Waals surface area contributed by atoms with E-state index in [0.29, 0.717) is 5.95 Å². The van der Waals surface area contributed by atoms with Gasteiger partial charge in [-0.1, -0.05) is 12.8 Å². The smallest absolute Gasteiger partial charge is 0.222 e. The third kappa shape index (κ3) is 5.69. The molecule has 0 atom stereocenters. The van der Waals surface area contributed by atoms with Gasteiger partial charge in [0.25, 0.3) is 0 Å². The van der Waals surface area contributed by atoms with Crippen molar-refractivity contribution in [3.05, 3.63) is 16.9 Å². The Bertz CT molecular complexity index is 263. The summed E-state index contributed by atoms with van der Waals surface area (Å²) >= 11 is 3.29. The fourth-order valence-electron chi connectivity index (χ4n) is 1.23. The zero-order valence-electron chi connectivity index (χ0n) is 8.75. The molecular weight excluding hydrogens is 256 g/mol. The summed E-state index contributed by atoms with van der Waals surface area (Å²) in [5.74, 6) is 0.692. The average Bonchev–Trinajstić information content (AvgIpc) is 2.26. The molecule has 0 saturated heterocycles. The Kier molecular flexibility index (Phi) is 6.27. The van der Waals surface area contributed by atoms with Crippen LogP contribution in [-0.2, 0) is 0 Å². The van der Waals surface area contributed by atoms with Gasteiger partial charge in [0.05, 0.1) is 4.47 Å². The van der Waals surface area contributed by atoms with E-state index >= 15 is 0 Å². The van der Waals surface area contributed by atoms with Crippen molar-refractivity contribution in [1.82, 2.24) is 9.97 Å². The van der Waals surface area contributed by atoms with E-state index in [4.69, 9.17) is 5.73 Å². The van der Waals surface area contributed by atoms with Crippen molar-refractivity contribution in [3.8, 4) is 0 Å². The lowest BCUT2D eigenvalue weighted by Gasteiger charge is -2.03. The standard InChI is InChI=1S/C10H17BrN4/c11-9-7-14-10(15-8-9)13-6-4-2-1-3-5-12/h7-8H,1-6,12H2,(H,13,14,15). The molecule has 0 fully saturated rings. The number of unbranched alkanes of at least 4 members (excludes halogenated alkanes) is 3. The molecule has 4 nitrogen and oxygen atoms in total. The Hall–Kier alpha value is -0.680. The molecule has 1 rings (SSSR count). The van der Waals surface area contributed by atoms with Gasteiger partial charge in [-0.3, -0.25) is 0 Å². The second-order valence-electron chi connectivity index (χ2n) is 3.35. The lowest BCUT2D eigenvalue weighted by atomic mass is 10.2. The molecule has 0 aliphatic heterocycles. The highest BCUT2D eigenvalue weighted by atomic mass is 79.9. The number of nitrogens with two attached hydrogens (primary N) is 1. The quantitative estimate of drug-likeness (QED) is 0.747. The molecule has 0 amide bonds. The Morgan fingerprint density at radius 3 is 2.47 bits per heavy atom. The summed E-state index contributed by atoms with van der Waals surface area (Å²) in [6, 6.07) is 0. The van der Waals surface area contributed by atoms with Crippen molar-refractivity contribution < 1.29 is 0 Å². The van der Waals surface area contributed by atoms with Gasteiger partial charge in [0.2, 0.25) is 5.95 Å². The fourth-order valence-corrected chi connectivity index (χ4v) is 1.43. The highest BCUT2D eigenvalue weighted by Gasteiger charge is 1.94. The Balaban J connectivity index is 2.07. The third-order valence-corrected chi connectivity index (χ3v) is 2.44. The molecular formula is C10H17BrN4. The van der Waals surface area contributed by atoms with Crippen LogP contribution in [0, 0.1) is 0 Å². The van der Waals surface area contributed by atoms with Crippen LogP contribution >= 0.6 is 15.9 Å². The maximum absolute atomic E-state index is 5.41. The lowest BCUT2D eigenvalue weighted by molar-refractivity contribution is 0.660. The van der Waals surface area contributed by atoms with E-state index in [0.717, 1.165) is 30.4 Å². The SMILES string of the molecule is NCCCCCCNc1ncc(Br)cn1. The van der Waals surface area contributed by atoms with Crippen LogP contribution in [0.1, 0.15) is 25.7 Å². The van der Waals surface area contributed by atoms with Crippen LogP contribution in [0.3, 0.4) is 0 Å². The summed E-state index contributed by atoms with van der Waals surface area (Å²) in [5, 5.41) is 3.17. The number of nitrogens with one attached hydrogen (secondary N) is 1. The molecule has 84 valence electrons. The highest BCUT2D eigenvalue weighted by Crippen LogP contribution is 2.07. The van der Waals surface area contributed by atoms with Crippen LogP contribution in [0.2, 0.25) is 0 Å². The Morgan fingerprint density at radius 1 is 1.13 bits per heavy atom. The minimum Gasteiger partial charge on any atom is -0.354 e. The Labute approximate surface area is 98.8 Å². The van der Waals surface area contributed by atoms with Gasteiger partial charge in [0.15, 0.2) is 0 Å². The molecule has 1 aromatic heterocycles. The number of nitrogens with zero attached hydrogens (tertiary/aromatic N) is 2. The van der Waals surface area contributed by atoms with Gasteiger partial charge in [0, 0.05) is 18.9 Å². The summed E-state index contributed by atoms with van der Waals surface area (Å²) in [6.07, 6.45) is 8.15. The van der Waals surface area contributed by atoms with Gasteiger partial charge in [-0.25, -0.2) is 9.97 Å². The van der Waals surface area contributed by atoms with E-state index in [1.807, 2.05) is 0 Å². The summed E-state index contributed by atoms with van der Waals surface area (Å²) in [6.45, 7) is 1.72. The normalized spacial score (nSPS) is 10.3. The number of aromatic nitrogens is 2. The topological polar surface area (TPSA) is 63.8 Å². The minimum atomic E-state index is 0.692. The van der Waals surface area contributed by atoms with Crippen molar-refractivity contribution in [2.45, 2.75) is 25.7 Å². The Morgan fingerprint density at radius 2 is 1.80 bits per heavy atom. The van der Waals surface area contributed by atoms with Gasteiger partial charge in [-0.15, -0.1) is 0 Å². The van der Waals surface area contributed by atoms with Crippen molar-refractivity contribution in [2.24, 2.45) is 5.73 Å². The van der Waals surface area contributed by atoms with Crippen LogP contribution in [0.15, 0.2) is 16.9 Å². The fraction of sp³-hybridized carbons (Fsp3) is 0.600. The molecule has 0 bridgehead atoms. The zero-order chi connectivity index (χ0) is 10.9. The van der Waals surface area contributed by atoms with Gasteiger partial charge >= 0.3 is 0 Å². The monoisotopic (exact) mass is 272 g/mol. The first-order valence-corrected chi connectivity index (χ1v) is 6.03. The van der Waals surface area contributed by atoms with Gasteiger partial charge in [-0.2, -0.15) is 0 Å². The first-order valence-electron chi connectivity index (χ1n) is 5.24. The largest absolute Gasteiger partial charge is 0.354 e. The van der Waals surface area contributed by atoms with E-state index < -0.39 is 0 Å². The summed E-state index contributed by atoms with van der Waals surface area (Å²) in [5.41, 5.74) is 5.41. The van der Waals surface area contributed by atoms with Gasteiger partial charge in [0.1, 0.15) is 0 Å².